The summed E-state index contributed by atoms with van der Waals surface area (Å²) >= 11 is 0. The molecule has 1 rings (SSSR count). The largest absolute Gasteiger partial charge is 0.336 e. The minimum atomic E-state index is -0.783. The van der Waals surface area contributed by atoms with E-state index in [9.17, 15) is 10.1 Å². The molecule has 0 aromatic rings. The van der Waals surface area contributed by atoms with E-state index >= 15 is 0 Å². The summed E-state index contributed by atoms with van der Waals surface area (Å²) in [6.45, 7) is 11.8. The van der Waals surface area contributed by atoms with E-state index in [1.54, 1.807) is 6.92 Å². The number of hydrogen-bond acceptors (Lipinski definition) is 3. The third kappa shape index (κ3) is 3.94. The van der Waals surface area contributed by atoms with Crippen molar-refractivity contribution < 1.29 is 4.79 Å². The molecule has 2 atom stereocenters. The second kappa shape index (κ2) is 6.38. The fourth-order valence-corrected chi connectivity index (χ4v) is 2.24. The molecule has 1 fully saturated rings. The number of nitriles is 1. The van der Waals surface area contributed by atoms with Gasteiger partial charge < -0.3 is 5.32 Å². The second-order valence-electron chi connectivity index (χ2n) is 6.35. The monoisotopic (exact) mass is 265 g/mol. The quantitative estimate of drug-likeness (QED) is 0.847. The van der Waals surface area contributed by atoms with Gasteiger partial charge in [0.1, 0.15) is 5.54 Å². The van der Waals surface area contributed by atoms with E-state index in [1.807, 2.05) is 20.8 Å². The van der Waals surface area contributed by atoms with Crippen molar-refractivity contribution in [2.24, 2.45) is 11.8 Å². The molecule has 0 aromatic carbocycles. The molecular weight excluding hydrogens is 238 g/mol. The van der Waals surface area contributed by atoms with Crippen molar-refractivity contribution in [2.75, 3.05) is 13.1 Å². The molecule has 4 nitrogen and oxygen atoms in total. The SMILES string of the molecule is CC1CCN(C(C)C(=O)NC(C)(C#N)C(C)C)CC1. The topological polar surface area (TPSA) is 56.1 Å². The number of carbonyl (C=O) groups excluding carboxylic acids is 1. The van der Waals surface area contributed by atoms with Crippen LogP contribution in [0, 0.1) is 23.2 Å². The molecule has 1 aliphatic heterocycles. The fraction of sp³-hybridized carbons (Fsp3) is 0.867. The molecule has 1 N–H and O–H groups in total. The zero-order valence-corrected chi connectivity index (χ0v) is 12.9. The number of likely N-dealkylation sites (tertiary alicyclic amines) is 1. The summed E-state index contributed by atoms with van der Waals surface area (Å²) in [5, 5.41) is 12.2. The minimum Gasteiger partial charge on any atom is -0.336 e. The summed E-state index contributed by atoms with van der Waals surface area (Å²) in [5.74, 6) is 0.814. The van der Waals surface area contributed by atoms with Crippen LogP contribution < -0.4 is 5.32 Å². The highest BCUT2D eigenvalue weighted by atomic mass is 16.2. The summed E-state index contributed by atoms with van der Waals surface area (Å²) in [7, 11) is 0. The molecule has 0 bridgehead atoms. The van der Waals surface area contributed by atoms with Crippen LogP contribution in [0.5, 0.6) is 0 Å². The van der Waals surface area contributed by atoms with Gasteiger partial charge in [-0.3, -0.25) is 9.69 Å². The zero-order chi connectivity index (χ0) is 14.6. The summed E-state index contributed by atoms with van der Waals surface area (Å²) in [4.78, 5) is 14.5. The smallest absolute Gasteiger partial charge is 0.238 e. The third-order valence-corrected chi connectivity index (χ3v) is 4.52. The van der Waals surface area contributed by atoms with Crippen LogP contribution in [0.2, 0.25) is 0 Å². The highest BCUT2D eigenvalue weighted by molar-refractivity contribution is 5.82. The van der Waals surface area contributed by atoms with Crippen LogP contribution in [0.4, 0.5) is 0 Å². The van der Waals surface area contributed by atoms with Crippen molar-refractivity contribution in [1.29, 1.82) is 5.26 Å². The maximum Gasteiger partial charge on any atom is 0.238 e. The zero-order valence-electron chi connectivity index (χ0n) is 12.9. The molecule has 1 saturated heterocycles. The van der Waals surface area contributed by atoms with E-state index in [2.05, 4.69) is 23.2 Å². The molecular formula is C15H27N3O. The molecule has 19 heavy (non-hydrogen) atoms. The van der Waals surface area contributed by atoms with E-state index < -0.39 is 5.54 Å². The normalized spacial score (nSPS) is 22.6. The second-order valence-corrected chi connectivity index (χ2v) is 6.35. The van der Waals surface area contributed by atoms with E-state index in [1.165, 1.54) is 0 Å². The fourth-order valence-electron chi connectivity index (χ4n) is 2.24. The predicted octanol–water partition coefficient (Wildman–Crippen LogP) is 2.16. The Morgan fingerprint density at radius 2 is 1.89 bits per heavy atom. The molecule has 0 radical (unpaired) electrons. The van der Waals surface area contributed by atoms with Crippen molar-refractivity contribution in [3.8, 4) is 6.07 Å². The standard InChI is InChI=1S/C15H27N3O/c1-11(2)15(5,10-16)17-14(19)13(4)18-8-6-12(3)7-9-18/h11-13H,6-9H2,1-5H3,(H,17,19). The summed E-state index contributed by atoms with van der Waals surface area (Å²) in [6, 6.07) is 2.07. The average molecular weight is 265 g/mol. The van der Waals surface area contributed by atoms with Gasteiger partial charge in [-0.25, -0.2) is 0 Å². The number of hydrogen-bond donors (Lipinski definition) is 1. The number of amides is 1. The molecule has 4 heteroatoms. The van der Waals surface area contributed by atoms with E-state index in [4.69, 9.17) is 0 Å². The Balaban J connectivity index is 2.60. The number of rotatable bonds is 4. The molecule has 2 unspecified atom stereocenters. The van der Waals surface area contributed by atoms with Crippen molar-refractivity contribution in [1.82, 2.24) is 10.2 Å². The van der Waals surface area contributed by atoms with Gasteiger partial charge in [-0.05, 0) is 51.6 Å². The van der Waals surface area contributed by atoms with Crippen LogP contribution >= 0.6 is 0 Å². The molecule has 0 saturated carbocycles. The highest BCUT2D eigenvalue weighted by Gasteiger charge is 2.33. The first-order valence-corrected chi connectivity index (χ1v) is 7.27. The Morgan fingerprint density at radius 1 is 1.37 bits per heavy atom. The lowest BCUT2D eigenvalue weighted by atomic mass is 9.89. The lowest BCUT2D eigenvalue weighted by Gasteiger charge is -2.36. The van der Waals surface area contributed by atoms with Crippen LogP contribution in [-0.2, 0) is 4.79 Å². The number of nitrogens with one attached hydrogen (secondary N) is 1. The molecule has 0 aromatic heterocycles. The van der Waals surface area contributed by atoms with Gasteiger partial charge in [-0.2, -0.15) is 5.26 Å². The molecule has 1 aliphatic rings. The highest BCUT2D eigenvalue weighted by Crippen LogP contribution is 2.20. The Kier molecular flexibility index (Phi) is 5.37. The maximum atomic E-state index is 12.3. The van der Waals surface area contributed by atoms with Gasteiger partial charge in [0, 0.05) is 0 Å². The van der Waals surface area contributed by atoms with E-state index in [0.717, 1.165) is 31.8 Å². The van der Waals surface area contributed by atoms with Crippen molar-refractivity contribution in [3.05, 3.63) is 0 Å². The lowest BCUT2D eigenvalue weighted by molar-refractivity contribution is -0.128. The first kappa shape index (κ1) is 16.0. The van der Waals surface area contributed by atoms with Crippen LogP contribution in [-0.4, -0.2) is 35.5 Å². The van der Waals surface area contributed by atoms with Crippen molar-refractivity contribution in [2.45, 2.75) is 59.0 Å². The summed E-state index contributed by atoms with van der Waals surface area (Å²) in [6.07, 6.45) is 2.30. The van der Waals surface area contributed by atoms with Gasteiger partial charge in [-0.15, -0.1) is 0 Å². The summed E-state index contributed by atoms with van der Waals surface area (Å²) in [5.41, 5.74) is -0.783. The number of nitrogens with zero attached hydrogens (tertiary/aromatic N) is 2. The predicted molar refractivity (Wildman–Crippen MR) is 76.4 cm³/mol. The minimum absolute atomic E-state index is 0.0349. The average Bonchev–Trinajstić information content (AvgIpc) is 2.38. The molecule has 1 amide bonds. The van der Waals surface area contributed by atoms with Crippen molar-refractivity contribution >= 4 is 5.91 Å². The Morgan fingerprint density at radius 3 is 2.32 bits per heavy atom. The van der Waals surface area contributed by atoms with Gasteiger partial charge in [0.2, 0.25) is 5.91 Å². The molecule has 0 aliphatic carbocycles. The van der Waals surface area contributed by atoms with Gasteiger partial charge in [0.15, 0.2) is 0 Å². The van der Waals surface area contributed by atoms with Gasteiger partial charge in [0.05, 0.1) is 12.1 Å². The van der Waals surface area contributed by atoms with E-state index in [0.29, 0.717) is 0 Å². The number of piperidine rings is 1. The van der Waals surface area contributed by atoms with Gasteiger partial charge >= 0.3 is 0 Å². The lowest BCUT2D eigenvalue weighted by Crippen LogP contribution is -2.56. The van der Waals surface area contributed by atoms with E-state index in [-0.39, 0.29) is 17.9 Å². The molecule has 108 valence electrons. The summed E-state index contributed by atoms with van der Waals surface area (Å²) < 4.78 is 0. The Labute approximate surface area is 117 Å². The molecule has 1 heterocycles. The van der Waals surface area contributed by atoms with Crippen LogP contribution in [0.15, 0.2) is 0 Å². The Hall–Kier alpha value is -1.08. The molecule has 0 spiro atoms. The van der Waals surface area contributed by atoms with Crippen LogP contribution in [0.25, 0.3) is 0 Å². The first-order valence-electron chi connectivity index (χ1n) is 7.27. The van der Waals surface area contributed by atoms with Crippen LogP contribution in [0.3, 0.4) is 0 Å². The van der Waals surface area contributed by atoms with Gasteiger partial charge in [-0.1, -0.05) is 20.8 Å². The Bertz CT molecular complexity index is 353. The van der Waals surface area contributed by atoms with Crippen molar-refractivity contribution in [3.63, 3.8) is 0 Å². The maximum absolute atomic E-state index is 12.3. The third-order valence-electron chi connectivity index (χ3n) is 4.52. The van der Waals surface area contributed by atoms with Gasteiger partial charge in [0.25, 0.3) is 0 Å². The number of carbonyl (C=O) groups is 1. The first-order chi connectivity index (χ1) is 8.80. The van der Waals surface area contributed by atoms with Crippen LogP contribution in [0.1, 0.15) is 47.5 Å².